The lowest BCUT2D eigenvalue weighted by Crippen LogP contribution is -2.37. The molecule has 1 atom stereocenters. The fraction of sp³-hybridized carbons (Fsp3) is 0.900. The van der Waals surface area contributed by atoms with E-state index in [1.807, 2.05) is 0 Å². The Labute approximate surface area is 84.6 Å². The lowest BCUT2D eigenvalue weighted by molar-refractivity contribution is -0.142. The monoisotopic (exact) mass is 204 g/mol. The molecule has 3 N–H and O–H groups in total. The summed E-state index contributed by atoms with van der Waals surface area (Å²) in [5.41, 5.74) is -1.69. The molecule has 0 bridgehead atoms. The van der Waals surface area contributed by atoms with Crippen molar-refractivity contribution >= 4 is 5.97 Å². The van der Waals surface area contributed by atoms with Crippen LogP contribution in [0.2, 0.25) is 0 Å². The van der Waals surface area contributed by atoms with Gasteiger partial charge in [0.25, 0.3) is 0 Å². The SMILES string of the molecule is CC(C)(O)CC(O)C(C)(C)CC(=O)O. The molecule has 0 saturated heterocycles. The maximum Gasteiger partial charge on any atom is 0.303 e. The quantitative estimate of drug-likeness (QED) is 0.624. The maximum absolute atomic E-state index is 10.5. The van der Waals surface area contributed by atoms with Crippen molar-refractivity contribution in [3.63, 3.8) is 0 Å². The van der Waals surface area contributed by atoms with Crippen LogP contribution in [0.3, 0.4) is 0 Å². The Bertz CT molecular complexity index is 203. The molecule has 0 aliphatic carbocycles. The molecule has 0 aromatic rings. The number of aliphatic hydroxyl groups excluding tert-OH is 1. The minimum absolute atomic E-state index is 0.107. The van der Waals surface area contributed by atoms with Crippen molar-refractivity contribution in [3.05, 3.63) is 0 Å². The van der Waals surface area contributed by atoms with Crippen LogP contribution in [0.1, 0.15) is 40.5 Å². The van der Waals surface area contributed by atoms with Gasteiger partial charge in [-0.15, -0.1) is 0 Å². The van der Waals surface area contributed by atoms with Crippen molar-refractivity contribution in [1.29, 1.82) is 0 Å². The van der Waals surface area contributed by atoms with E-state index in [0.29, 0.717) is 0 Å². The summed E-state index contributed by atoms with van der Waals surface area (Å²) in [6.45, 7) is 6.54. The van der Waals surface area contributed by atoms with Crippen molar-refractivity contribution in [3.8, 4) is 0 Å². The Hall–Kier alpha value is -0.610. The number of carboxylic acids is 1. The molecule has 0 aliphatic heterocycles. The van der Waals surface area contributed by atoms with E-state index in [9.17, 15) is 15.0 Å². The van der Waals surface area contributed by atoms with E-state index >= 15 is 0 Å². The zero-order valence-corrected chi connectivity index (χ0v) is 9.24. The molecular weight excluding hydrogens is 184 g/mol. The number of rotatable bonds is 5. The number of carbonyl (C=O) groups is 1. The number of hydrogen-bond donors (Lipinski definition) is 3. The van der Waals surface area contributed by atoms with Gasteiger partial charge in [0.2, 0.25) is 0 Å². The van der Waals surface area contributed by atoms with Crippen LogP contribution in [0.25, 0.3) is 0 Å². The van der Waals surface area contributed by atoms with Crippen LogP contribution in [0.5, 0.6) is 0 Å². The molecule has 0 aromatic heterocycles. The first-order chi connectivity index (χ1) is 6.04. The van der Waals surface area contributed by atoms with Crippen LogP contribution in [0, 0.1) is 5.41 Å². The minimum atomic E-state index is -0.977. The van der Waals surface area contributed by atoms with Crippen LogP contribution < -0.4 is 0 Å². The molecule has 14 heavy (non-hydrogen) atoms. The predicted octanol–water partition coefficient (Wildman–Crippen LogP) is 1.01. The predicted molar refractivity (Wildman–Crippen MR) is 53.0 cm³/mol. The average molecular weight is 204 g/mol. The van der Waals surface area contributed by atoms with Crippen molar-refractivity contribution in [2.45, 2.75) is 52.2 Å². The van der Waals surface area contributed by atoms with Gasteiger partial charge in [-0.25, -0.2) is 0 Å². The van der Waals surface area contributed by atoms with E-state index in [-0.39, 0.29) is 12.8 Å². The fourth-order valence-corrected chi connectivity index (χ4v) is 1.26. The van der Waals surface area contributed by atoms with E-state index in [1.165, 1.54) is 0 Å². The molecule has 1 unspecified atom stereocenters. The first-order valence-corrected chi connectivity index (χ1v) is 4.67. The van der Waals surface area contributed by atoms with Crippen molar-refractivity contribution in [2.75, 3.05) is 0 Å². The third-order valence-corrected chi connectivity index (χ3v) is 2.20. The lowest BCUT2D eigenvalue weighted by Gasteiger charge is -2.32. The smallest absolute Gasteiger partial charge is 0.303 e. The van der Waals surface area contributed by atoms with Gasteiger partial charge in [-0.05, 0) is 13.8 Å². The van der Waals surface area contributed by atoms with Crippen LogP contribution in [0.15, 0.2) is 0 Å². The Kier molecular flexibility index (Phi) is 4.09. The highest BCUT2D eigenvalue weighted by atomic mass is 16.4. The Morgan fingerprint density at radius 3 is 2.00 bits per heavy atom. The van der Waals surface area contributed by atoms with E-state index in [0.717, 1.165) is 0 Å². The molecule has 0 aliphatic rings. The molecule has 0 saturated carbocycles. The topological polar surface area (TPSA) is 77.8 Å². The second kappa shape index (κ2) is 4.28. The zero-order valence-electron chi connectivity index (χ0n) is 9.24. The van der Waals surface area contributed by atoms with E-state index in [4.69, 9.17) is 5.11 Å². The summed E-state index contributed by atoms with van der Waals surface area (Å²) in [5, 5.41) is 27.8. The number of hydrogen-bond acceptors (Lipinski definition) is 3. The first kappa shape index (κ1) is 13.4. The van der Waals surface area contributed by atoms with Crippen molar-refractivity contribution in [1.82, 2.24) is 0 Å². The van der Waals surface area contributed by atoms with Gasteiger partial charge in [0.05, 0.1) is 18.1 Å². The van der Waals surface area contributed by atoms with Crippen LogP contribution in [0.4, 0.5) is 0 Å². The molecule has 0 amide bonds. The molecule has 4 heteroatoms. The highest BCUT2D eigenvalue weighted by Gasteiger charge is 2.33. The van der Waals surface area contributed by atoms with Gasteiger partial charge in [0.15, 0.2) is 0 Å². The molecule has 0 aromatic carbocycles. The Morgan fingerprint density at radius 2 is 1.71 bits per heavy atom. The van der Waals surface area contributed by atoms with Gasteiger partial charge < -0.3 is 15.3 Å². The van der Waals surface area contributed by atoms with Gasteiger partial charge in [0.1, 0.15) is 0 Å². The summed E-state index contributed by atoms with van der Waals surface area (Å²) in [6, 6.07) is 0. The third-order valence-electron chi connectivity index (χ3n) is 2.20. The average Bonchev–Trinajstić information content (AvgIpc) is 1.79. The van der Waals surface area contributed by atoms with Gasteiger partial charge in [-0.1, -0.05) is 13.8 Å². The Balaban J connectivity index is 4.35. The fourth-order valence-electron chi connectivity index (χ4n) is 1.26. The van der Waals surface area contributed by atoms with Gasteiger partial charge in [-0.3, -0.25) is 4.79 Å². The highest BCUT2D eigenvalue weighted by molar-refractivity contribution is 5.67. The molecule has 0 rings (SSSR count). The third kappa shape index (κ3) is 5.19. The summed E-state index contributed by atoms with van der Waals surface area (Å²) in [6.07, 6.45) is -0.754. The largest absolute Gasteiger partial charge is 0.481 e. The summed E-state index contributed by atoms with van der Waals surface area (Å²) >= 11 is 0. The van der Waals surface area contributed by atoms with Crippen molar-refractivity contribution < 1.29 is 20.1 Å². The van der Waals surface area contributed by atoms with Gasteiger partial charge in [-0.2, -0.15) is 0 Å². The van der Waals surface area contributed by atoms with E-state index in [2.05, 4.69) is 0 Å². The van der Waals surface area contributed by atoms with Crippen LogP contribution in [-0.2, 0) is 4.79 Å². The van der Waals surface area contributed by atoms with Crippen molar-refractivity contribution in [2.24, 2.45) is 5.41 Å². The highest BCUT2D eigenvalue weighted by Crippen LogP contribution is 2.30. The molecule has 0 radical (unpaired) electrons. The second-order valence-electron chi connectivity index (χ2n) is 5.09. The summed E-state index contributed by atoms with van der Waals surface area (Å²) in [7, 11) is 0. The van der Waals surface area contributed by atoms with Crippen LogP contribution in [-0.4, -0.2) is 33.0 Å². The van der Waals surface area contributed by atoms with Gasteiger partial charge in [0, 0.05) is 11.8 Å². The summed E-state index contributed by atoms with van der Waals surface area (Å²) in [4.78, 5) is 10.5. The molecule has 0 spiro atoms. The standard InChI is InChI=1S/C10H20O4/c1-9(2,6-8(12)13)7(11)5-10(3,4)14/h7,11,14H,5-6H2,1-4H3,(H,12,13). The molecular formula is C10H20O4. The summed E-state index contributed by atoms with van der Waals surface area (Å²) < 4.78 is 0. The zero-order chi connectivity index (χ0) is 11.6. The van der Waals surface area contributed by atoms with Gasteiger partial charge >= 0.3 is 5.97 Å². The number of carboxylic acid groups (broad SMARTS) is 1. The van der Waals surface area contributed by atoms with Crippen LogP contribution >= 0.6 is 0 Å². The molecule has 4 nitrogen and oxygen atoms in total. The first-order valence-electron chi connectivity index (χ1n) is 4.67. The number of aliphatic carboxylic acids is 1. The molecule has 84 valence electrons. The summed E-state index contributed by atoms with van der Waals surface area (Å²) in [5.74, 6) is -0.940. The molecule has 0 fully saturated rings. The lowest BCUT2D eigenvalue weighted by atomic mass is 9.79. The maximum atomic E-state index is 10.5. The Morgan fingerprint density at radius 1 is 1.29 bits per heavy atom. The molecule has 0 heterocycles. The van der Waals surface area contributed by atoms with E-state index in [1.54, 1.807) is 27.7 Å². The normalized spacial score (nSPS) is 15.3. The number of aliphatic hydroxyl groups is 2. The minimum Gasteiger partial charge on any atom is -0.481 e. The second-order valence-corrected chi connectivity index (χ2v) is 5.09. The van der Waals surface area contributed by atoms with E-state index < -0.39 is 23.1 Å².